The second kappa shape index (κ2) is 10.7. The standard InChI is InChI=1S/C31H30N2O3S2/c34-38(35,30-17-13-28(14-18-30)26-9-5-2-6-10-26)33-23-24-36-31(33)19-21-32(22-20-31)37-29-15-11-27(12-16-29)25-7-3-1-4-8-25/h1-18H,19-24H2. The Morgan fingerprint density at radius 2 is 1.13 bits per heavy atom. The highest BCUT2D eigenvalue weighted by Gasteiger charge is 2.50. The summed E-state index contributed by atoms with van der Waals surface area (Å²) in [6, 6.07) is 36.2. The summed E-state index contributed by atoms with van der Waals surface area (Å²) in [6.45, 7) is 2.32. The minimum absolute atomic E-state index is 0.317. The van der Waals surface area contributed by atoms with Crippen molar-refractivity contribution in [3.8, 4) is 22.3 Å². The van der Waals surface area contributed by atoms with E-state index < -0.39 is 15.7 Å². The Balaban J connectivity index is 1.12. The second-order valence-electron chi connectivity index (χ2n) is 9.67. The first kappa shape index (κ1) is 25.3. The van der Waals surface area contributed by atoms with Crippen molar-refractivity contribution in [3.05, 3.63) is 109 Å². The first-order chi connectivity index (χ1) is 18.5. The molecule has 2 saturated heterocycles. The molecule has 0 atom stereocenters. The number of nitrogens with zero attached hydrogens (tertiary/aromatic N) is 2. The maximum absolute atomic E-state index is 13.7. The maximum atomic E-state index is 13.7. The van der Waals surface area contributed by atoms with Crippen LogP contribution < -0.4 is 0 Å². The molecule has 0 bridgehead atoms. The van der Waals surface area contributed by atoms with Crippen LogP contribution in [0.1, 0.15) is 12.8 Å². The number of piperidine rings is 1. The largest absolute Gasteiger partial charge is 0.358 e. The lowest BCUT2D eigenvalue weighted by molar-refractivity contribution is -0.0797. The third kappa shape index (κ3) is 5.05. The van der Waals surface area contributed by atoms with Crippen LogP contribution in [0.4, 0.5) is 0 Å². The summed E-state index contributed by atoms with van der Waals surface area (Å²) in [7, 11) is -3.67. The van der Waals surface area contributed by atoms with Crippen LogP contribution in [-0.4, -0.2) is 49.0 Å². The molecule has 0 amide bonds. The van der Waals surface area contributed by atoms with E-state index in [2.05, 4.69) is 52.8 Å². The summed E-state index contributed by atoms with van der Waals surface area (Å²) >= 11 is 1.72. The summed E-state index contributed by atoms with van der Waals surface area (Å²) in [5.74, 6) is 0. The molecule has 6 rings (SSSR count). The van der Waals surface area contributed by atoms with E-state index in [1.54, 1.807) is 28.4 Å². The minimum atomic E-state index is -3.67. The average Bonchev–Trinajstić information content (AvgIpc) is 3.40. The van der Waals surface area contributed by atoms with Gasteiger partial charge in [0, 0.05) is 37.4 Å². The van der Waals surface area contributed by atoms with Gasteiger partial charge in [0.2, 0.25) is 10.0 Å². The molecule has 0 unspecified atom stereocenters. The molecule has 2 aliphatic heterocycles. The van der Waals surface area contributed by atoms with E-state index in [4.69, 9.17) is 4.74 Å². The summed E-state index contributed by atoms with van der Waals surface area (Å²) < 4.78 is 37.5. The fourth-order valence-corrected chi connectivity index (χ4v) is 7.96. The second-order valence-corrected chi connectivity index (χ2v) is 12.7. The predicted octanol–water partition coefficient (Wildman–Crippen LogP) is 6.54. The van der Waals surface area contributed by atoms with Gasteiger partial charge < -0.3 is 4.74 Å². The molecule has 7 heteroatoms. The molecule has 0 radical (unpaired) electrons. The lowest BCUT2D eigenvalue weighted by atomic mass is 10.0. The fraction of sp³-hybridized carbons (Fsp3) is 0.226. The first-order valence-electron chi connectivity index (χ1n) is 12.9. The van der Waals surface area contributed by atoms with Gasteiger partial charge in [-0.2, -0.15) is 4.31 Å². The molecule has 38 heavy (non-hydrogen) atoms. The van der Waals surface area contributed by atoms with Gasteiger partial charge in [-0.05, 0) is 58.5 Å². The van der Waals surface area contributed by atoms with E-state index in [1.165, 1.54) is 16.0 Å². The zero-order valence-electron chi connectivity index (χ0n) is 21.1. The van der Waals surface area contributed by atoms with Crippen LogP contribution in [0, 0.1) is 0 Å². The molecule has 1 spiro atoms. The number of ether oxygens (including phenoxy) is 1. The Bertz CT molecular complexity index is 1470. The number of sulfonamides is 1. The summed E-state index contributed by atoms with van der Waals surface area (Å²) in [5, 5.41) is 0. The molecule has 0 saturated carbocycles. The van der Waals surface area contributed by atoms with Crippen LogP contribution >= 0.6 is 11.9 Å². The third-order valence-corrected chi connectivity index (χ3v) is 10.4. The van der Waals surface area contributed by atoms with E-state index in [9.17, 15) is 8.42 Å². The Morgan fingerprint density at radius 1 is 0.632 bits per heavy atom. The van der Waals surface area contributed by atoms with E-state index in [0.717, 1.165) is 24.2 Å². The minimum Gasteiger partial charge on any atom is -0.358 e. The molecule has 2 fully saturated rings. The zero-order valence-corrected chi connectivity index (χ0v) is 22.7. The van der Waals surface area contributed by atoms with Crippen LogP contribution in [0.3, 0.4) is 0 Å². The van der Waals surface area contributed by atoms with Gasteiger partial charge in [0.15, 0.2) is 0 Å². The van der Waals surface area contributed by atoms with Crippen LogP contribution in [0.15, 0.2) is 119 Å². The van der Waals surface area contributed by atoms with Gasteiger partial charge >= 0.3 is 0 Å². The summed E-state index contributed by atoms with van der Waals surface area (Å²) in [5.41, 5.74) is 3.70. The molecule has 0 aromatic heterocycles. The lowest BCUT2D eigenvalue weighted by Gasteiger charge is -2.42. The van der Waals surface area contributed by atoms with Crippen molar-refractivity contribution < 1.29 is 13.2 Å². The summed E-state index contributed by atoms with van der Waals surface area (Å²) in [4.78, 5) is 1.49. The van der Waals surface area contributed by atoms with Gasteiger partial charge in [-0.15, -0.1) is 0 Å². The van der Waals surface area contributed by atoms with Crippen molar-refractivity contribution in [2.75, 3.05) is 26.2 Å². The Morgan fingerprint density at radius 3 is 1.68 bits per heavy atom. The molecular formula is C31H30N2O3S2. The van der Waals surface area contributed by atoms with Crippen molar-refractivity contribution in [1.29, 1.82) is 0 Å². The number of hydrogen-bond acceptors (Lipinski definition) is 5. The SMILES string of the molecule is O=S(=O)(c1ccc(-c2ccccc2)cc1)N1CCOC12CCN(Sc1ccc(-c3ccccc3)cc1)CC2. The quantitative estimate of drug-likeness (QED) is 0.259. The lowest BCUT2D eigenvalue weighted by Crippen LogP contribution is -2.53. The number of benzene rings is 4. The number of hydrogen-bond donors (Lipinski definition) is 0. The summed E-state index contributed by atoms with van der Waals surface area (Å²) in [6.07, 6.45) is 1.28. The van der Waals surface area contributed by atoms with Gasteiger partial charge in [0.25, 0.3) is 0 Å². The van der Waals surface area contributed by atoms with Gasteiger partial charge in [0.05, 0.1) is 11.5 Å². The normalized spacial score (nSPS) is 18.1. The van der Waals surface area contributed by atoms with E-state index in [-0.39, 0.29) is 0 Å². The van der Waals surface area contributed by atoms with Gasteiger partial charge in [-0.25, -0.2) is 12.7 Å². The smallest absolute Gasteiger partial charge is 0.245 e. The zero-order chi connectivity index (χ0) is 26.0. The van der Waals surface area contributed by atoms with E-state index >= 15 is 0 Å². The van der Waals surface area contributed by atoms with Crippen LogP contribution in [0.25, 0.3) is 22.3 Å². The van der Waals surface area contributed by atoms with Gasteiger partial charge in [0.1, 0.15) is 5.72 Å². The molecule has 2 heterocycles. The van der Waals surface area contributed by atoms with Gasteiger partial charge in [-0.1, -0.05) is 84.9 Å². The average molecular weight is 543 g/mol. The van der Waals surface area contributed by atoms with Crippen molar-refractivity contribution >= 4 is 22.0 Å². The van der Waals surface area contributed by atoms with Crippen molar-refractivity contribution in [2.45, 2.75) is 28.4 Å². The molecule has 4 aromatic rings. The highest BCUT2D eigenvalue weighted by Crippen LogP contribution is 2.40. The molecule has 0 aliphatic carbocycles. The van der Waals surface area contributed by atoms with E-state index in [0.29, 0.717) is 30.9 Å². The highest BCUT2D eigenvalue weighted by atomic mass is 32.2. The Hall–Kier alpha value is -2.94. The predicted molar refractivity (Wildman–Crippen MR) is 153 cm³/mol. The molecule has 2 aliphatic rings. The molecule has 194 valence electrons. The molecule has 5 nitrogen and oxygen atoms in total. The van der Waals surface area contributed by atoms with Crippen molar-refractivity contribution in [2.24, 2.45) is 0 Å². The third-order valence-electron chi connectivity index (χ3n) is 7.37. The van der Waals surface area contributed by atoms with Crippen LogP contribution in [-0.2, 0) is 14.8 Å². The van der Waals surface area contributed by atoms with Gasteiger partial charge in [-0.3, -0.25) is 0 Å². The molecular weight excluding hydrogens is 512 g/mol. The Kier molecular flexibility index (Phi) is 7.12. The maximum Gasteiger partial charge on any atom is 0.245 e. The van der Waals surface area contributed by atoms with E-state index in [1.807, 2.05) is 48.5 Å². The first-order valence-corrected chi connectivity index (χ1v) is 15.2. The highest BCUT2D eigenvalue weighted by molar-refractivity contribution is 7.97. The van der Waals surface area contributed by atoms with Crippen LogP contribution in [0.2, 0.25) is 0 Å². The van der Waals surface area contributed by atoms with Crippen molar-refractivity contribution in [3.63, 3.8) is 0 Å². The van der Waals surface area contributed by atoms with Crippen molar-refractivity contribution in [1.82, 2.24) is 8.61 Å². The van der Waals surface area contributed by atoms with Crippen LogP contribution in [0.5, 0.6) is 0 Å². The Labute approximate surface area is 229 Å². The number of rotatable bonds is 6. The monoisotopic (exact) mass is 542 g/mol. The molecule has 0 N–H and O–H groups in total. The topological polar surface area (TPSA) is 49.9 Å². The fourth-order valence-electron chi connectivity index (χ4n) is 5.32. The molecule has 4 aromatic carbocycles.